The third-order valence-corrected chi connectivity index (χ3v) is 5.29. The molecule has 1 N–H and O–H groups in total. The number of likely N-dealkylation sites (tertiary alicyclic amines) is 2. The van der Waals surface area contributed by atoms with Crippen LogP contribution in [0.15, 0.2) is 10.9 Å². The molecule has 7 heteroatoms. The lowest BCUT2D eigenvalue weighted by Crippen LogP contribution is -2.40. The lowest BCUT2D eigenvalue weighted by atomic mass is 9.84. The lowest BCUT2D eigenvalue weighted by molar-refractivity contribution is -0.130. The zero-order chi connectivity index (χ0) is 17.3. The van der Waals surface area contributed by atoms with Crippen molar-refractivity contribution in [3.63, 3.8) is 0 Å². The van der Waals surface area contributed by atoms with Crippen molar-refractivity contribution in [3.05, 3.63) is 27.7 Å². The lowest BCUT2D eigenvalue weighted by Gasteiger charge is -2.34. The second-order valence-electron chi connectivity index (χ2n) is 6.91. The van der Waals surface area contributed by atoms with E-state index in [1.165, 1.54) is 6.07 Å². The number of nitrogens with zero attached hydrogens (tertiary/aromatic N) is 3. The fraction of sp³-hybridized carbons (Fsp3) is 0.647. The first kappa shape index (κ1) is 16.7. The van der Waals surface area contributed by atoms with E-state index < -0.39 is 0 Å². The molecule has 3 rings (SSSR count). The first-order valence-electron chi connectivity index (χ1n) is 8.57. The van der Waals surface area contributed by atoms with Gasteiger partial charge < -0.3 is 9.80 Å². The summed E-state index contributed by atoms with van der Waals surface area (Å²) in [5.74, 6) is 0.858. The van der Waals surface area contributed by atoms with Crippen LogP contribution in [-0.4, -0.2) is 58.0 Å². The van der Waals surface area contributed by atoms with Gasteiger partial charge in [0.05, 0.1) is 0 Å². The Labute approximate surface area is 141 Å². The standard InChI is InChI=1S/C17H24N4O3/c1-11-9-15(23)16(19-18-11)17(24)21-8-5-14(10-21)13-3-6-20(7-4-13)12(2)22/h9,13-14H,3-8,10H2,1-2H3,(H,18,23). The average molecular weight is 332 g/mol. The quantitative estimate of drug-likeness (QED) is 0.868. The highest BCUT2D eigenvalue weighted by Gasteiger charge is 2.35. The Kier molecular flexibility index (Phi) is 4.69. The van der Waals surface area contributed by atoms with Gasteiger partial charge in [-0.15, -0.1) is 0 Å². The molecule has 0 saturated carbocycles. The summed E-state index contributed by atoms with van der Waals surface area (Å²) in [6.07, 6.45) is 2.95. The van der Waals surface area contributed by atoms with Crippen molar-refractivity contribution < 1.29 is 9.59 Å². The topological polar surface area (TPSA) is 86.4 Å². The molecular weight excluding hydrogens is 308 g/mol. The fourth-order valence-corrected chi connectivity index (χ4v) is 3.84. The maximum absolute atomic E-state index is 12.5. The highest BCUT2D eigenvalue weighted by atomic mass is 16.2. The fourth-order valence-electron chi connectivity index (χ4n) is 3.84. The molecule has 2 amide bonds. The van der Waals surface area contributed by atoms with E-state index in [0.29, 0.717) is 30.6 Å². The van der Waals surface area contributed by atoms with Crippen LogP contribution in [0.25, 0.3) is 0 Å². The number of aryl methyl sites for hydroxylation is 1. The highest BCUT2D eigenvalue weighted by Crippen LogP contribution is 2.32. The van der Waals surface area contributed by atoms with Crippen molar-refractivity contribution in [2.24, 2.45) is 11.8 Å². The van der Waals surface area contributed by atoms with Crippen LogP contribution in [0.3, 0.4) is 0 Å². The summed E-state index contributed by atoms with van der Waals surface area (Å²) in [5, 5.41) is 6.62. The first-order valence-corrected chi connectivity index (χ1v) is 8.57. The molecular formula is C17H24N4O3. The highest BCUT2D eigenvalue weighted by molar-refractivity contribution is 5.92. The number of rotatable bonds is 2. The van der Waals surface area contributed by atoms with Gasteiger partial charge in [0.15, 0.2) is 5.69 Å². The molecule has 0 bridgehead atoms. The normalized spacial score (nSPS) is 22.0. The molecule has 0 aromatic carbocycles. The first-order chi connectivity index (χ1) is 11.5. The summed E-state index contributed by atoms with van der Waals surface area (Å²) < 4.78 is 0. The Morgan fingerprint density at radius 1 is 1.12 bits per heavy atom. The molecule has 130 valence electrons. The van der Waals surface area contributed by atoms with Gasteiger partial charge in [-0.25, -0.2) is 0 Å². The van der Waals surface area contributed by atoms with E-state index in [-0.39, 0.29) is 22.9 Å². The molecule has 7 nitrogen and oxygen atoms in total. The number of nitrogens with one attached hydrogen (secondary N) is 1. The largest absolute Gasteiger partial charge is 0.343 e. The van der Waals surface area contributed by atoms with Crippen LogP contribution >= 0.6 is 0 Å². The Balaban J connectivity index is 1.60. The number of hydrogen-bond donors (Lipinski definition) is 1. The SMILES string of the molecule is CC(=O)N1CCC(C2CCN(C(=O)c3n[nH]c(C)cc3=O)C2)CC1. The van der Waals surface area contributed by atoms with Crippen molar-refractivity contribution in [1.29, 1.82) is 0 Å². The van der Waals surface area contributed by atoms with E-state index in [1.807, 2.05) is 4.90 Å². The summed E-state index contributed by atoms with van der Waals surface area (Å²) in [6.45, 7) is 6.32. The number of aromatic nitrogens is 2. The predicted octanol–water partition coefficient (Wildman–Crippen LogP) is 0.799. The molecule has 1 aromatic rings. The van der Waals surface area contributed by atoms with Crippen LogP contribution in [0.4, 0.5) is 0 Å². The van der Waals surface area contributed by atoms with E-state index in [4.69, 9.17) is 0 Å². The summed E-state index contributed by atoms with van der Waals surface area (Å²) in [4.78, 5) is 39.5. The maximum Gasteiger partial charge on any atom is 0.278 e. The molecule has 1 unspecified atom stereocenters. The van der Waals surface area contributed by atoms with Gasteiger partial charge in [-0.3, -0.25) is 19.5 Å². The molecule has 2 aliphatic rings. The summed E-state index contributed by atoms with van der Waals surface area (Å²) in [5.41, 5.74) is 0.301. The van der Waals surface area contributed by atoms with Crippen molar-refractivity contribution in [2.45, 2.75) is 33.1 Å². The summed E-state index contributed by atoms with van der Waals surface area (Å²) >= 11 is 0. The monoisotopic (exact) mass is 332 g/mol. The van der Waals surface area contributed by atoms with Crippen molar-refractivity contribution in [1.82, 2.24) is 20.0 Å². The predicted molar refractivity (Wildman–Crippen MR) is 88.6 cm³/mol. The van der Waals surface area contributed by atoms with Crippen LogP contribution in [0.5, 0.6) is 0 Å². The maximum atomic E-state index is 12.5. The van der Waals surface area contributed by atoms with Gasteiger partial charge in [-0.05, 0) is 38.0 Å². The number of aromatic amines is 1. The minimum Gasteiger partial charge on any atom is -0.343 e. The number of carbonyl (C=O) groups is 2. The number of piperidine rings is 1. The number of hydrogen-bond acceptors (Lipinski definition) is 4. The Bertz CT molecular complexity index is 691. The van der Waals surface area contributed by atoms with Crippen molar-refractivity contribution in [3.8, 4) is 0 Å². The van der Waals surface area contributed by atoms with E-state index in [9.17, 15) is 14.4 Å². The van der Waals surface area contributed by atoms with Crippen LogP contribution in [0, 0.1) is 18.8 Å². The van der Waals surface area contributed by atoms with Gasteiger partial charge in [0.1, 0.15) is 0 Å². The van der Waals surface area contributed by atoms with Crippen molar-refractivity contribution >= 4 is 11.8 Å². The summed E-state index contributed by atoms with van der Waals surface area (Å²) in [6, 6.07) is 1.41. The van der Waals surface area contributed by atoms with Gasteiger partial charge in [0.25, 0.3) is 5.91 Å². The number of carbonyl (C=O) groups excluding carboxylic acids is 2. The molecule has 3 heterocycles. The van der Waals surface area contributed by atoms with Gasteiger partial charge in [0, 0.05) is 44.9 Å². The summed E-state index contributed by atoms with van der Waals surface area (Å²) in [7, 11) is 0. The van der Waals surface area contributed by atoms with E-state index in [0.717, 1.165) is 32.4 Å². The van der Waals surface area contributed by atoms with Crippen LogP contribution in [-0.2, 0) is 4.79 Å². The van der Waals surface area contributed by atoms with Gasteiger partial charge >= 0.3 is 0 Å². The molecule has 0 radical (unpaired) electrons. The molecule has 2 fully saturated rings. The van der Waals surface area contributed by atoms with E-state index in [1.54, 1.807) is 18.7 Å². The second-order valence-corrected chi connectivity index (χ2v) is 6.91. The molecule has 0 aliphatic carbocycles. The zero-order valence-electron chi connectivity index (χ0n) is 14.2. The van der Waals surface area contributed by atoms with Crippen LogP contribution < -0.4 is 5.43 Å². The van der Waals surface area contributed by atoms with Crippen LogP contribution in [0.1, 0.15) is 42.4 Å². The third kappa shape index (κ3) is 3.34. The smallest absolute Gasteiger partial charge is 0.278 e. The van der Waals surface area contributed by atoms with E-state index in [2.05, 4.69) is 10.2 Å². The Morgan fingerprint density at radius 3 is 2.38 bits per heavy atom. The average Bonchev–Trinajstić information content (AvgIpc) is 3.04. The van der Waals surface area contributed by atoms with E-state index >= 15 is 0 Å². The zero-order valence-corrected chi connectivity index (χ0v) is 14.2. The number of amides is 2. The third-order valence-electron chi connectivity index (χ3n) is 5.29. The molecule has 24 heavy (non-hydrogen) atoms. The number of H-pyrrole nitrogens is 1. The van der Waals surface area contributed by atoms with Crippen LogP contribution in [0.2, 0.25) is 0 Å². The van der Waals surface area contributed by atoms with Gasteiger partial charge in [0.2, 0.25) is 11.3 Å². The van der Waals surface area contributed by atoms with Crippen molar-refractivity contribution in [2.75, 3.05) is 26.2 Å². The minimum atomic E-state index is -0.325. The Morgan fingerprint density at radius 2 is 1.75 bits per heavy atom. The Hall–Kier alpha value is -2.18. The van der Waals surface area contributed by atoms with Gasteiger partial charge in [-0.1, -0.05) is 0 Å². The molecule has 2 saturated heterocycles. The molecule has 1 aromatic heterocycles. The molecule has 0 spiro atoms. The second kappa shape index (κ2) is 6.75. The molecule has 2 aliphatic heterocycles. The van der Waals surface area contributed by atoms with Gasteiger partial charge in [-0.2, -0.15) is 5.10 Å². The molecule has 1 atom stereocenters. The minimum absolute atomic E-state index is 0.0207.